The summed E-state index contributed by atoms with van der Waals surface area (Å²) in [5.74, 6) is -0.135. The Bertz CT molecular complexity index is 1720. The van der Waals surface area contributed by atoms with E-state index in [1.165, 1.54) is 11.6 Å². The molecule has 2 aromatic heterocycles. The van der Waals surface area contributed by atoms with Crippen LogP contribution in [0, 0.1) is 12.7 Å². The molecule has 1 unspecified atom stereocenters. The number of aryl methyl sites for hydroxylation is 1. The van der Waals surface area contributed by atoms with Gasteiger partial charge in [0.05, 0.1) is 46.8 Å². The highest BCUT2D eigenvalue weighted by atomic mass is 32.3. The molecule has 1 atom stereocenters. The Balaban J connectivity index is 1.31. The molecule has 210 valence electrons. The second-order valence-electron chi connectivity index (χ2n) is 10.4. The predicted molar refractivity (Wildman–Crippen MR) is 159 cm³/mol. The lowest BCUT2D eigenvalue weighted by Gasteiger charge is -2.42. The Morgan fingerprint density at radius 1 is 1.07 bits per heavy atom. The van der Waals surface area contributed by atoms with Gasteiger partial charge in [0.2, 0.25) is 0 Å². The molecule has 1 saturated heterocycles. The van der Waals surface area contributed by atoms with E-state index in [4.69, 9.17) is 4.98 Å². The Morgan fingerprint density at radius 3 is 2.59 bits per heavy atom. The van der Waals surface area contributed by atoms with E-state index in [-0.39, 0.29) is 17.1 Å². The number of hydrogen-bond donors (Lipinski definition) is 2. The van der Waals surface area contributed by atoms with Crippen LogP contribution in [0.3, 0.4) is 0 Å². The molecule has 5 aromatic rings. The molecule has 2 N–H and O–H groups in total. The van der Waals surface area contributed by atoms with Crippen molar-refractivity contribution < 1.29 is 18.3 Å². The number of hydrogen-bond acceptors (Lipinski definition) is 7. The monoisotopic (exact) mass is 571 g/mol. The van der Waals surface area contributed by atoms with Gasteiger partial charge in [-0.2, -0.15) is 10.6 Å². The summed E-state index contributed by atoms with van der Waals surface area (Å²) in [6.07, 6.45) is 7.96. The maximum absolute atomic E-state index is 15.5. The Morgan fingerprint density at radius 2 is 1.88 bits per heavy atom. The van der Waals surface area contributed by atoms with Crippen LogP contribution in [-0.4, -0.2) is 64.4 Å². The first-order valence-corrected chi connectivity index (χ1v) is 15.2. The Labute approximate surface area is 238 Å². The summed E-state index contributed by atoms with van der Waals surface area (Å²) < 4.78 is 37.4. The van der Waals surface area contributed by atoms with E-state index in [1.807, 2.05) is 35.0 Å². The molecule has 0 saturated carbocycles. The molecule has 3 aromatic carbocycles. The second-order valence-corrected chi connectivity index (χ2v) is 12.8. The minimum Gasteiger partial charge on any atom is -0.333 e. The zero-order valence-electron chi connectivity index (χ0n) is 22.5. The molecular weight excluding hydrogens is 541 g/mol. The zero-order chi connectivity index (χ0) is 28.6. The number of imidazole rings is 1. The molecule has 0 radical (unpaired) electrons. The number of aromatic nitrogens is 4. The van der Waals surface area contributed by atoms with E-state index < -0.39 is 22.4 Å². The summed E-state index contributed by atoms with van der Waals surface area (Å²) in [5.41, 5.74) is 6.97. The third-order valence-corrected chi connectivity index (χ3v) is 9.36. The van der Waals surface area contributed by atoms with E-state index in [0.717, 1.165) is 28.9 Å². The molecule has 0 spiro atoms. The molecule has 8 nitrogen and oxygen atoms in total. The van der Waals surface area contributed by atoms with Crippen molar-refractivity contribution in [2.24, 2.45) is 0 Å². The van der Waals surface area contributed by atoms with Crippen LogP contribution in [0.25, 0.3) is 33.4 Å². The minimum absolute atomic E-state index is 0.181. The number of benzene rings is 3. The molecule has 0 amide bonds. The molecule has 1 fully saturated rings. The van der Waals surface area contributed by atoms with Crippen LogP contribution in [0.5, 0.6) is 0 Å². The standard InChI is InChI=1S/C31H30FN5O3S/c1-21-15-23(5-6-24(21)18-36-10-9-33-20-36)29-17-34-28-4-2-3-25(31(28)35-29)22-7-8-26(27(32)16-22)30(19-38)37-11-13-41(39,40)14-12-37/h2-10,15-17,19-20,30,39-40H,11-14,18H2,1H3. The van der Waals surface area contributed by atoms with Crippen LogP contribution in [0.2, 0.25) is 0 Å². The van der Waals surface area contributed by atoms with Gasteiger partial charge in [0.25, 0.3) is 0 Å². The smallest absolute Gasteiger partial charge is 0.141 e. The molecule has 6 rings (SSSR count). The van der Waals surface area contributed by atoms with Crippen molar-refractivity contribution in [3.05, 3.63) is 102 Å². The fourth-order valence-electron chi connectivity index (χ4n) is 5.32. The van der Waals surface area contributed by atoms with E-state index in [0.29, 0.717) is 36.0 Å². The third kappa shape index (κ3) is 5.64. The highest BCUT2D eigenvalue weighted by Gasteiger charge is 2.29. The average Bonchev–Trinajstić information content (AvgIpc) is 3.48. The summed E-state index contributed by atoms with van der Waals surface area (Å²) in [7, 11) is -2.62. The van der Waals surface area contributed by atoms with Gasteiger partial charge in [-0.25, -0.2) is 14.4 Å². The van der Waals surface area contributed by atoms with Gasteiger partial charge in [-0.05, 0) is 41.8 Å². The fraction of sp³-hybridized carbons (Fsp3) is 0.226. The lowest BCUT2D eigenvalue weighted by molar-refractivity contribution is -0.112. The lowest BCUT2D eigenvalue weighted by atomic mass is 9.98. The number of carbonyl (C=O) groups excluding carboxylic acids is 1. The van der Waals surface area contributed by atoms with Gasteiger partial charge in [0.15, 0.2) is 0 Å². The highest BCUT2D eigenvalue weighted by Crippen LogP contribution is 2.42. The van der Waals surface area contributed by atoms with Crippen molar-refractivity contribution >= 4 is 27.9 Å². The largest absolute Gasteiger partial charge is 0.333 e. The van der Waals surface area contributed by atoms with Crippen LogP contribution in [0.1, 0.15) is 22.7 Å². The van der Waals surface area contributed by atoms with Crippen molar-refractivity contribution in [1.29, 1.82) is 0 Å². The summed E-state index contributed by atoms with van der Waals surface area (Å²) >= 11 is 0. The maximum atomic E-state index is 15.5. The van der Waals surface area contributed by atoms with Gasteiger partial charge in [-0.1, -0.05) is 36.4 Å². The van der Waals surface area contributed by atoms with Crippen LogP contribution >= 0.6 is 10.6 Å². The maximum Gasteiger partial charge on any atom is 0.141 e. The first-order chi connectivity index (χ1) is 19.8. The van der Waals surface area contributed by atoms with Gasteiger partial charge in [0.1, 0.15) is 12.1 Å². The number of rotatable bonds is 7. The van der Waals surface area contributed by atoms with Crippen LogP contribution in [-0.2, 0) is 11.3 Å². The van der Waals surface area contributed by atoms with Gasteiger partial charge in [0, 0.05) is 48.7 Å². The minimum atomic E-state index is -2.62. The fourth-order valence-corrected chi connectivity index (χ4v) is 6.58. The zero-order valence-corrected chi connectivity index (χ0v) is 23.3. The quantitative estimate of drug-likeness (QED) is 0.232. The summed E-state index contributed by atoms with van der Waals surface area (Å²) in [5, 5.41) is 0. The molecule has 41 heavy (non-hydrogen) atoms. The summed E-state index contributed by atoms with van der Waals surface area (Å²) in [6.45, 7) is 3.44. The van der Waals surface area contributed by atoms with Gasteiger partial charge >= 0.3 is 0 Å². The highest BCUT2D eigenvalue weighted by molar-refractivity contribution is 8.24. The molecule has 0 bridgehead atoms. The number of fused-ring (bicyclic) bond motifs is 1. The summed E-state index contributed by atoms with van der Waals surface area (Å²) in [4.78, 5) is 27.5. The van der Waals surface area contributed by atoms with E-state index in [2.05, 4.69) is 29.0 Å². The van der Waals surface area contributed by atoms with Gasteiger partial charge < -0.3 is 9.36 Å². The van der Waals surface area contributed by atoms with E-state index in [9.17, 15) is 13.9 Å². The number of nitrogens with zero attached hydrogens (tertiary/aromatic N) is 5. The first-order valence-electron chi connectivity index (χ1n) is 13.4. The SMILES string of the molecule is Cc1cc(-c2cnc3cccc(-c4ccc(C(C=O)N5CCS(O)(O)CC5)c(F)c4)c3n2)ccc1Cn1ccnc1. The third-order valence-electron chi connectivity index (χ3n) is 7.69. The Hall–Kier alpha value is -3.96. The molecule has 10 heteroatoms. The molecular formula is C31H30FN5O3S. The van der Waals surface area contributed by atoms with Crippen molar-refractivity contribution in [1.82, 2.24) is 24.4 Å². The van der Waals surface area contributed by atoms with Crippen LogP contribution < -0.4 is 0 Å². The van der Waals surface area contributed by atoms with Gasteiger partial charge in [-0.15, -0.1) is 0 Å². The average molecular weight is 572 g/mol. The molecule has 0 aliphatic carbocycles. The molecule has 1 aliphatic heterocycles. The number of carbonyl (C=O) groups is 1. The van der Waals surface area contributed by atoms with Crippen molar-refractivity contribution in [2.75, 3.05) is 24.6 Å². The van der Waals surface area contributed by atoms with E-state index in [1.54, 1.807) is 35.8 Å². The van der Waals surface area contributed by atoms with Crippen molar-refractivity contribution in [2.45, 2.75) is 19.5 Å². The number of aldehydes is 1. The van der Waals surface area contributed by atoms with E-state index >= 15 is 4.39 Å². The summed E-state index contributed by atoms with van der Waals surface area (Å²) in [6, 6.07) is 15.9. The Kier molecular flexibility index (Phi) is 7.39. The van der Waals surface area contributed by atoms with Crippen molar-refractivity contribution in [3.8, 4) is 22.4 Å². The molecule has 3 heterocycles. The predicted octanol–water partition coefficient (Wildman–Crippen LogP) is 5.96. The lowest BCUT2D eigenvalue weighted by Crippen LogP contribution is -2.41. The van der Waals surface area contributed by atoms with Crippen LogP contribution in [0.4, 0.5) is 4.39 Å². The molecule has 1 aliphatic rings. The number of para-hydroxylation sites is 1. The first kappa shape index (κ1) is 27.2. The normalized spacial score (nSPS) is 16.9. The van der Waals surface area contributed by atoms with Gasteiger partial charge in [-0.3, -0.25) is 19.0 Å². The van der Waals surface area contributed by atoms with Crippen LogP contribution in [0.15, 0.2) is 79.5 Å². The topological polar surface area (TPSA) is 104 Å². The number of halogens is 1. The van der Waals surface area contributed by atoms with Crippen molar-refractivity contribution in [3.63, 3.8) is 0 Å². The second kappa shape index (κ2) is 11.1.